The summed E-state index contributed by atoms with van der Waals surface area (Å²) in [4.78, 5) is 12.7. The third-order valence-electron chi connectivity index (χ3n) is 2.89. The number of likely N-dealkylation sites (N-methyl/N-ethyl adjacent to an activating group) is 1. The van der Waals surface area contributed by atoms with Crippen LogP contribution in [0.2, 0.25) is 0 Å². The van der Waals surface area contributed by atoms with Crippen LogP contribution in [-0.4, -0.2) is 38.4 Å². The number of primary amides is 1. The van der Waals surface area contributed by atoms with E-state index in [-0.39, 0.29) is 4.90 Å². The van der Waals surface area contributed by atoms with Crippen molar-refractivity contribution in [3.05, 3.63) is 24.3 Å². The normalized spacial score (nSPS) is 14.8. The summed E-state index contributed by atoms with van der Waals surface area (Å²) in [6.07, 6.45) is 1.17. The Morgan fingerprint density at radius 1 is 1.35 bits per heavy atom. The van der Waals surface area contributed by atoms with E-state index in [2.05, 4.69) is 5.32 Å². The van der Waals surface area contributed by atoms with Crippen molar-refractivity contribution in [2.45, 2.75) is 29.2 Å². The third kappa shape index (κ3) is 4.50. The number of nitrogens with one attached hydrogen (secondary N) is 1. The van der Waals surface area contributed by atoms with Crippen LogP contribution >= 0.6 is 11.8 Å². The number of rotatable bonds is 7. The molecule has 20 heavy (non-hydrogen) atoms. The van der Waals surface area contributed by atoms with Gasteiger partial charge < -0.3 is 11.1 Å². The molecular formula is C13H20N2O3S2. The molecule has 0 aliphatic rings. The van der Waals surface area contributed by atoms with Crippen LogP contribution < -0.4 is 11.1 Å². The van der Waals surface area contributed by atoms with Crippen molar-refractivity contribution in [1.82, 2.24) is 5.32 Å². The fraction of sp³-hybridized carbons (Fsp3) is 0.462. The van der Waals surface area contributed by atoms with Crippen LogP contribution in [0.1, 0.15) is 13.8 Å². The molecule has 1 unspecified atom stereocenters. The number of nitrogens with two attached hydrogens (primary N) is 1. The highest BCUT2D eigenvalue weighted by Gasteiger charge is 2.29. The third-order valence-corrected chi connectivity index (χ3v) is 5.35. The Balaban J connectivity index is 2.77. The first-order valence-corrected chi connectivity index (χ1v) is 9.04. The monoisotopic (exact) mass is 316 g/mol. The van der Waals surface area contributed by atoms with Crippen LogP contribution in [0.4, 0.5) is 0 Å². The Labute approximate surface area is 124 Å². The van der Waals surface area contributed by atoms with Gasteiger partial charge in [-0.15, -0.1) is 11.8 Å². The number of benzene rings is 1. The first-order valence-electron chi connectivity index (χ1n) is 6.17. The molecule has 3 N–H and O–H groups in total. The van der Waals surface area contributed by atoms with Gasteiger partial charge >= 0.3 is 0 Å². The molecular weight excluding hydrogens is 296 g/mol. The quantitative estimate of drug-likeness (QED) is 0.734. The Hall–Kier alpha value is -1.05. The van der Waals surface area contributed by atoms with Crippen LogP contribution in [0.15, 0.2) is 34.1 Å². The highest BCUT2D eigenvalue weighted by Crippen LogP contribution is 2.24. The number of carbonyl (C=O) groups is 1. The maximum atomic E-state index is 11.5. The van der Waals surface area contributed by atoms with Crippen LogP contribution in [0, 0.1) is 0 Å². The lowest BCUT2D eigenvalue weighted by molar-refractivity contribution is -0.122. The van der Waals surface area contributed by atoms with E-state index >= 15 is 0 Å². The summed E-state index contributed by atoms with van der Waals surface area (Å²) in [5.74, 6) is 0.0774. The minimum absolute atomic E-state index is 0.284. The molecule has 0 radical (unpaired) electrons. The molecule has 1 aromatic rings. The van der Waals surface area contributed by atoms with Gasteiger partial charge in [0, 0.05) is 16.9 Å². The Kier molecular flexibility index (Phi) is 5.61. The van der Waals surface area contributed by atoms with Crippen molar-refractivity contribution in [3.63, 3.8) is 0 Å². The fourth-order valence-electron chi connectivity index (χ4n) is 1.61. The summed E-state index contributed by atoms with van der Waals surface area (Å²) < 4.78 is 22.7. The zero-order valence-corrected chi connectivity index (χ0v) is 13.5. The lowest BCUT2D eigenvalue weighted by atomic mass is 10.1. The van der Waals surface area contributed by atoms with E-state index in [1.54, 1.807) is 31.2 Å². The molecule has 0 saturated heterocycles. The van der Waals surface area contributed by atoms with E-state index in [0.29, 0.717) is 12.3 Å². The van der Waals surface area contributed by atoms with Crippen LogP contribution in [-0.2, 0) is 14.6 Å². The molecule has 0 bridgehead atoms. The molecule has 0 saturated carbocycles. The molecule has 1 atom stereocenters. The average molecular weight is 316 g/mol. The summed E-state index contributed by atoms with van der Waals surface area (Å²) in [5, 5.41) is 3.07. The van der Waals surface area contributed by atoms with E-state index in [1.165, 1.54) is 18.0 Å². The zero-order chi connectivity index (χ0) is 15.4. The van der Waals surface area contributed by atoms with E-state index in [4.69, 9.17) is 5.73 Å². The van der Waals surface area contributed by atoms with E-state index in [1.807, 2.05) is 6.92 Å². The van der Waals surface area contributed by atoms with Gasteiger partial charge in [0.05, 0.1) is 4.90 Å². The lowest BCUT2D eigenvalue weighted by Crippen LogP contribution is -2.55. The average Bonchev–Trinajstić information content (AvgIpc) is 2.36. The van der Waals surface area contributed by atoms with Crippen molar-refractivity contribution < 1.29 is 13.2 Å². The number of carbonyl (C=O) groups excluding carboxylic acids is 1. The van der Waals surface area contributed by atoms with Gasteiger partial charge in [-0.05, 0) is 37.7 Å². The minimum atomic E-state index is -3.18. The van der Waals surface area contributed by atoms with Crippen LogP contribution in [0.3, 0.4) is 0 Å². The smallest absolute Gasteiger partial charge is 0.238 e. The first-order chi connectivity index (χ1) is 9.19. The number of sulfone groups is 1. The minimum Gasteiger partial charge on any atom is -0.368 e. The lowest BCUT2D eigenvalue weighted by Gasteiger charge is -2.26. The fourth-order valence-corrected chi connectivity index (χ4v) is 3.27. The summed E-state index contributed by atoms with van der Waals surface area (Å²) in [6, 6.07) is 6.59. The molecule has 0 spiro atoms. The van der Waals surface area contributed by atoms with Crippen molar-refractivity contribution in [2.24, 2.45) is 5.73 Å². The second kappa shape index (κ2) is 6.60. The summed E-state index contributed by atoms with van der Waals surface area (Å²) in [6.45, 7) is 4.32. The molecule has 5 nitrogen and oxygen atoms in total. The first kappa shape index (κ1) is 17.0. The molecule has 0 aliphatic carbocycles. The highest BCUT2D eigenvalue weighted by molar-refractivity contribution is 7.99. The van der Waals surface area contributed by atoms with Gasteiger partial charge in [0.1, 0.15) is 5.54 Å². The maximum Gasteiger partial charge on any atom is 0.238 e. The Bertz CT molecular complexity index is 570. The summed E-state index contributed by atoms with van der Waals surface area (Å²) >= 11 is 1.46. The maximum absolute atomic E-state index is 11.5. The van der Waals surface area contributed by atoms with Crippen molar-refractivity contribution >= 4 is 27.5 Å². The van der Waals surface area contributed by atoms with Crippen LogP contribution in [0.25, 0.3) is 0 Å². The topological polar surface area (TPSA) is 89.3 Å². The Morgan fingerprint density at radius 2 is 1.90 bits per heavy atom. The number of amides is 1. The molecule has 1 aromatic carbocycles. The van der Waals surface area contributed by atoms with Gasteiger partial charge in [-0.25, -0.2) is 8.42 Å². The molecule has 1 rings (SSSR count). The van der Waals surface area contributed by atoms with Crippen molar-refractivity contribution in [2.75, 3.05) is 18.6 Å². The highest BCUT2D eigenvalue weighted by atomic mass is 32.2. The summed E-state index contributed by atoms with van der Waals surface area (Å²) in [5.41, 5.74) is 4.63. The van der Waals surface area contributed by atoms with Gasteiger partial charge in [0.2, 0.25) is 5.91 Å². The van der Waals surface area contributed by atoms with Gasteiger partial charge in [0.25, 0.3) is 0 Å². The molecule has 0 aromatic heterocycles. The molecule has 0 heterocycles. The molecule has 0 fully saturated rings. The van der Waals surface area contributed by atoms with Crippen molar-refractivity contribution in [1.29, 1.82) is 0 Å². The predicted molar refractivity (Wildman–Crippen MR) is 81.6 cm³/mol. The molecule has 0 aliphatic heterocycles. The second-order valence-electron chi connectivity index (χ2n) is 4.76. The van der Waals surface area contributed by atoms with Gasteiger partial charge in [-0.1, -0.05) is 6.92 Å². The number of hydrogen-bond donors (Lipinski definition) is 2. The summed E-state index contributed by atoms with van der Waals surface area (Å²) in [7, 11) is -3.18. The molecule has 1 amide bonds. The van der Waals surface area contributed by atoms with Crippen molar-refractivity contribution in [3.8, 4) is 0 Å². The number of hydrogen-bond acceptors (Lipinski definition) is 5. The second-order valence-corrected chi connectivity index (χ2v) is 7.82. The largest absolute Gasteiger partial charge is 0.368 e. The standard InChI is InChI=1S/C13H20N2O3S2/c1-4-15-13(2,12(14)16)9-19-10-5-7-11(8-6-10)20(3,17)18/h5-8,15H,4,9H2,1-3H3,(H2,14,16). The van der Waals surface area contributed by atoms with Gasteiger partial charge in [0.15, 0.2) is 9.84 Å². The molecule has 7 heteroatoms. The van der Waals surface area contributed by atoms with Gasteiger partial charge in [-0.2, -0.15) is 0 Å². The Morgan fingerprint density at radius 3 is 2.30 bits per heavy atom. The van der Waals surface area contributed by atoms with E-state index in [9.17, 15) is 13.2 Å². The molecule has 112 valence electrons. The van der Waals surface area contributed by atoms with E-state index < -0.39 is 21.3 Å². The zero-order valence-electron chi connectivity index (χ0n) is 11.8. The van der Waals surface area contributed by atoms with Gasteiger partial charge in [-0.3, -0.25) is 4.79 Å². The SMILES string of the molecule is CCNC(C)(CSc1ccc(S(C)(=O)=O)cc1)C(N)=O. The predicted octanol–water partition coefficient (Wildman–Crippen LogP) is 1.04. The van der Waals surface area contributed by atoms with E-state index in [0.717, 1.165) is 4.90 Å². The number of thioether (sulfide) groups is 1. The van der Waals surface area contributed by atoms with Crippen LogP contribution in [0.5, 0.6) is 0 Å².